The molecule has 0 spiro atoms. The summed E-state index contributed by atoms with van der Waals surface area (Å²) in [5, 5.41) is 14.7. The van der Waals surface area contributed by atoms with Crippen molar-refractivity contribution in [2.24, 2.45) is 0 Å². The molecule has 0 aliphatic carbocycles. The normalized spacial score (nSPS) is 13.5. The van der Waals surface area contributed by atoms with Gasteiger partial charge >= 0.3 is 7.60 Å². The summed E-state index contributed by atoms with van der Waals surface area (Å²) in [6.07, 6.45) is 0.985. The molecule has 1 aromatic heterocycles. The molecule has 0 aromatic carbocycles. The first-order valence-electron chi connectivity index (χ1n) is 3.82. The molecule has 14 heavy (non-hydrogen) atoms. The quantitative estimate of drug-likeness (QED) is 0.607. The second-order valence-corrected chi connectivity index (χ2v) is 4.51. The predicted molar refractivity (Wildman–Crippen MR) is 46.3 cm³/mol. The lowest BCUT2D eigenvalue weighted by Gasteiger charge is -2.06. The van der Waals surface area contributed by atoms with Crippen LogP contribution in [-0.2, 0) is 4.57 Å². The average molecular weight is 216 g/mol. The van der Waals surface area contributed by atoms with Crippen LogP contribution in [0.5, 0.6) is 0 Å². The van der Waals surface area contributed by atoms with E-state index in [1.807, 2.05) is 6.07 Å². The van der Waals surface area contributed by atoms with Crippen LogP contribution in [0.3, 0.4) is 0 Å². The van der Waals surface area contributed by atoms with Gasteiger partial charge in [-0.2, -0.15) is 10.4 Å². The summed E-state index contributed by atoms with van der Waals surface area (Å²) in [7, 11) is -4.05. The van der Waals surface area contributed by atoms with E-state index in [0.717, 1.165) is 0 Å². The first-order chi connectivity index (χ1) is 6.53. The fourth-order valence-electron chi connectivity index (χ4n) is 0.943. The van der Waals surface area contributed by atoms with Crippen LogP contribution < -0.4 is 0 Å². The molecule has 0 saturated carbocycles. The van der Waals surface area contributed by atoms with E-state index in [2.05, 4.69) is 15.2 Å². The number of rotatable bonds is 4. The van der Waals surface area contributed by atoms with E-state index < -0.39 is 13.5 Å². The highest BCUT2D eigenvalue weighted by atomic mass is 31.2. The SMILES string of the molecule is N#CC(CCP(=O)(O)O)c1ncn[nH]1. The van der Waals surface area contributed by atoms with Gasteiger partial charge in [0.15, 0.2) is 0 Å². The van der Waals surface area contributed by atoms with Gasteiger partial charge in [-0.1, -0.05) is 0 Å². The van der Waals surface area contributed by atoms with Gasteiger partial charge in [0, 0.05) is 0 Å². The molecule has 0 fully saturated rings. The van der Waals surface area contributed by atoms with Crippen molar-refractivity contribution in [2.75, 3.05) is 6.16 Å². The molecule has 0 saturated heterocycles. The molecule has 76 valence electrons. The van der Waals surface area contributed by atoms with Crippen LogP contribution in [0, 0.1) is 11.3 Å². The zero-order valence-electron chi connectivity index (χ0n) is 7.16. The first-order valence-corrected chi connectivity index (χ1v) is 5.62. The summed E-state index contributed by atoms with van der Waals surface area (Å²) < 4.78 is 10.6. The van der Waals surface area contributed by atoms with Crippen molar-refractivity contribution < 1.29 is 14.4 Å². The number of H-pyrrole nitrogens is 1. The number of aromatic amines is 1. The van der Waals surface area contributed by atoms with Gasteiger partial charge < -0.3 is 9.79 Å². The maximum Gasteiger partial charge on any atom is 0.325 e. The Kier molecular flexibility index (Phi) is 3.36. The summed E-state index contributed by atoms with van der Waals surface area (Å²) in [5.74, 6) is -0.314. The van der Waals surface area contributed by atoms with E-state index >= 15 is 0 Å². The standard InChI is InChI=1S/C6H9N4O3P/c7-3-5(1-2-14(11,12)13)6-8-4-9-10-6/h4-5H,1-2H2,(H,8,9,10)(H2,11,12,13). The monoisotopic (exact) mass is 216 g/mol. The summed E-state index contributed by atoms with van der Waals surface area (Å²) >= 11 is 0. The Hall–Kier alpha value is -1.22. The Morgan fingerprint density at radius 1 is 1.71 bits per heavy atom. The highest BCUT2D eigenvalue weighted by molar-refractivity contribution is 7.51. The zero-order valence-corrected chi connectivity index (χ0v) is 8.05. The minimum absolute atomic E-state index is 0.0654. The van der Waals surface area contributed by atoms with Crippen LogP contribution in [0.1, 0.15) is 18.2 Å². The third-order valence-electron chi connectivity index (χ3n) is 1.63. The predicted octanol–water partition coefficient (Wildman–Crippen LogP) is -0.0203. The van der Waals surface area contributed by atoms with Crippen LogP contribution in [0.4, 0.5) is 0 Å². The van der Waals surface area contributed by atoms with E-state index in [-0.39, 0.29) is 12.6 Å². The third kappa shape index (κ3) is 3.26. The Morgan fingerprint density at radius 3 is 2.86 bits per heavy atom. The van der Waals surface area contributed by atoms with Gasteiger partial charge in [-0.3, -0.25) is 9.66 Å². The van der Waals surface area contributed by atoms with Crippen molar-refractivity contribution >= 4 is 7.60 Å². The fourth-order valence-corrected chi connectivity index (χ4v) is 1.54. The van der Waals surface area contributed by atoms with Crippen LogP contribution >= 0.6 is 7.60 Å². The Labute approximate surface area is 80.0 Å². The Bertz CT molecular complexity index is 365. The molecule has 1 unspecified atom stereocenters. The van der Waals surface area contributed by atoms with Gasteiger partial charge in [-0.15, -0.1) is 0 Å². The average Bonchev–Trinajstić information content (AvgIpc) is 2.56. The summed E-state index contributed by atoms with van der Waals surface area (Å²) in [4.78, 5) is 21.0. The smallest absolute Gasteiger partial charge is 0.324 e. The van der Waals surface area contributed by atoms with Gasteiger partial charge in [0.2, 0.25) is 0 Å². The van der Waals surface area contributed by atoms with Crippen LogP contribution in [0.25, 0.3) is 0 Å². The number of hydrogen-bond acceptors (Lipinski definition) is 4. The van der Waals surface area contributed by atoms with E-state index in [0.29, 0.717) is 5.82 Å². The molecule has 0 bridgehead atoms. The number of hydrogen-bond donors (Lipinski definition) is 3. The molecule has 1 rings (SSSR count). The number of aromatic nitrogens is 3. The van der Waals surface area contributed by atoms with E-state index in [4.69, 9.17) is 15.0 Å². The minimum atomic E-state index is -4.05. The van der Waals surface area contributed by atoms with Crippen molar-refractivity contribution in [3.05, 3.63) is 12.2 Å². The Morgan fingerprint density at radius 2 is 2.43 bits per heavy atom. The molecule has 8 heteroatoms. The van der Waals surface area contributed by atoms with Gasteiger partial charge in [0.05, 0.1) is 12.2 Å². The maximum absolute atomic E-state index is 10.6. The molecule has 1 heterocycles. The minimum Gasteiger partial charge on any atom is -0.324 e. The highest BCUT2D eigenvalue weighted by Gasteiger charge is 2.20. The van der Waals surface area contributed by atoms with Crippen molar-refractivity contribution in [3.63, 3.8) is 0 Å². The topological polar surface area (TPSA) is 123 Å². The second-order valence-electron chi connectivity index (χ2n) is 2.73. The molecule has 0 amide bonds. The van der Waals surface area contributed by atoms with Crippen LogP contribution in [0.15, 0.2) is 6.33 Å². The third-order valence-corrected chi connectivity index (χ3v) is 2.47. The van der Waals surface area contributed by atoms with E-state index in [9.17, 15) is 4.57 Å². The van der Waals surface area contributed by atoms with E-state index in [1.165, 1.54) is 6.33 Å². The molecule has 1 atom stereocenters. The molecule has 3 N–H and O–H groups in total. The highest BCUT2D eigenvalue weighted by Crippen LogP contribution is 2.37. The lowest BCUT2D eigenvalue weighted by Crippen LogP contribution is -2.02. The molecule has 0 aliphatic heterocycles. The number of nitrogens with one attached hydrogen (secondary N) is 1. The molecular formula is C6H9N4O3P. The molecule has 0 radical (unpaired) electrons. The second kappa shape index (κ2) is 4.33. The lowest BCUT2D eigenvalue weighted by atomic mass is 10.1. The van der Waals surface area contributed by atoms with E-state index in [1.54, 1.807) is 0 Å². The van der Waals surface area contributed by atoms with Crippen LogP contribution in [-0.4, -0.2) is 31.1 Å². The number of nitrogens with zero attached hydrogens (tertiary/aromatic N) is 3. The Balaban J connectivity index is 2.59. The van der Waals surface area contributed by atoms with Crippen molar-refractivity contribution in [3.8, 4) is 6.07 Å². The van der Waals surface area contributed by atoms with Gasteiger partial charge in [0.1, 0.15) is 18.1 Å². The van der Waals surface area contributed by atoms with Crippen LogP contribution in [0.2, 0.25) is 0 Å². The van der Waals surface area contributed by atoms with Gasteiger partial charge in [-0.25, -0.2) is 4.98 Å². The lowest BCUT2D eigenvalue weighted by molar-refractivity contribution is 0.371. The van der Waals surface area contributed by atoms with Crippen molar-refractivity contribution in [1.29, 1.82) is 5.26 Å². The molecular weight excluding hydrogens is 207 g/mol. The van der Waals surface area contributed by atoms with Gasteiger partial charge in [0.25, 0.3) is 0 Å². The fraction of sp³-hybridized carbons (Fsp3) is 0.500. The van der Waals surface area contributed by atoms with Crippen molar-refractivity contribution in [2.45, 2.75) is 12.3 Å². The summed E-state index contributed by atoms with van der Waals surface area (Å²) in [6.45, 7) is 0. The van der Waals surface area contributed by atoms with Gasteiger partial charge in [-0.05, 0) is 6.42 Å². The van der Waals surface area contributed by atoms with Crippen molar-refractivity contribution in [1.82, 2.24) is 15.2 Å². The first kappa shape index (κ1) is 10.9. The molecule has 1 aromatic rings. The molecule has 0 aliphatic rings. The zero-order chi connectivity index (χ0) is 10.6. The summed E-state index contributed by atoms with van der Waals surface area (Å²) in [5.41, 5.74) is 0. The molecule has 7 nitrogen and oxygen atoms in total. The number of nitriles is 1. The summed E-state index contributed by atoms with van der Waals surface area (Å²) in [6, 6.07) is 1.90. The maximum atomic E-state index is 10.6. The largest absolute Gasteiger partial charge is 0.325 e.